The average Bonchev–Trinajstić information content (AvgIpc) is 2.82. The third-order valence-electron chi connectivity index (χ3n) is 6.82. The maximum Gasteiger partial charge on any atom is 0.255 e. The molecule has 1 heterocycles. The van der Waals surface area contributed by atoms with Gasteiger partial charge in [-0.2, -0.15) is 0 Å². The smallest absolute Gasteiger partial charge is 0.255 e. The molecule has 0 aliphatic carbocycles. The third kappa shape index (κ3) is 6.22. The van der Waals surface area contributed by atoms with E-state index >= 15 is 0 Å². The van der Waals surface area contributed by atoms with Crippen LogP contribution < -0.4 is 9.46 Å². The monoisotopic (exact) mass is 518 g/mol. The van der Waals surface area contributed by atoms with Crippen LogP contribution in [0.15, 0.2) is 40.1 Å². The lowest BCUT2D eigenvalue weighted by Gasteiger charge is -2.31. The van der Waals surface area contributed by atoms with E-state index in [0.29, 0.717) is 24.6 Å². The molecule has 1 aliphatic rings. The first-order valence-corrected chi connectivity index (χ1v) is 14.9. The summed E-state index contributed by atoms with van der Waals surface area (Å²) in [6.45, 7) is 11.6. The molecule has 1 atom stereocenters. The zero-order chi connectivity index (χ0) is 25.9. The molecule has 35 heavy (non-hydrogen) atoms. The molecule has 3 rings (SSSR count). The summed E-state index contributed by atoms with van der Waals surface area (Å²) in [4.78, 5) is 16.0. The number of likely N-dealkylation sites (tertiary alicyclic amines) is 1. The number of rotatable bonds is 8. The van der Waals surface area contributed by atoms with Crippen molar-refractivity contribution >= 4 is 27.7 Å². The second kappa shape index (κ2) is 11.4. The fourth-order valence-corrected chi connectivity index (χ4v) is 6.40. The number of hydrogen-bond donors (Lipinski definition) is 1. The molecular formula is C27H38N2O4S2. The highest BCUT2D eigenvalue weighted by Gasteiger charge is 2.27. The van der Waals surface area contributed by atoms with Crippen molar-refractivity contribution in [3.8, 4) is 5.75 Å². The van der Waals surface area contributed by atoms with Crippen molar-refractivity contribution in [3.05, 3.63) is 52.6 Å². The Morgan fingerprint density at radius 3 is 2.34 bits per heavy atom. The minimum absolute atomic E-state index is 0.0982. The first-order valence-electron chi connectivity index (χ1n) is 12.2. The molecule has 2 aromatic carbocycles. The van der Waals surface area contributed by atoms with Crippen LogP contribution >= 0.6 is 11.8 Å². The number of nitrogens with zero attached hydrogens (tertiary/aromatic N) is 1. The molecule has 1 saturated heterocycles. The van der Waals surface area contributed by atoms with Crippen LogP contribution in [0.4, 0.5) is 0 Å². The Morgan fingerprint density at radius 2 is 1.77 bits per heavy atom. The number of sulfonamides is 1. The molecule has 0 bridgehead atoms. The van der Waals surface area contributed by atoms with Crippen LogP contribution in [0.2, 0.25) is 0 Å². The van der Waals surface area contributed by atoms with E-state index in [0.717, 1.165) is 40.2 Å². The molecule has 0 radical (unpaired) electrons. The van der Waals surface area contributed by atoms with Gasteiger partial charge in [-0.05, 0) is 91.8 Å². The number of benzene rings is 2. The zero-order valence-electron chi connectivity index (χ0n) is 21.8. The number of hydrogen-bond acceptors (Lipinski definition) is 5. The van der Waals surface area contributed by atoms with E-state index in [1.54, 1.807) is 19.2 Å². The van der Waals surface area contributed by atoms with E-state index in [9.17, 15) is 13.2 Å². The summed E-state index contributed by atoms with van der Waals surface area (Å²) in [6, 6.07) is 8.37. The molecule has 0 aromatic heterocycles. The van der Waals surface area contributed by atoms with Crippen molar-refractivity contribution in [2.45, 2.75) is 69.2 Å². The van der Waals surface area contributed by atoms with Crippen molar-refractivity contribution < 1.29 is 17.9 Å². The summed E-state index contributed by atoms with van der Waals surface area (Å²) >= 11 is 1.45. The average molecular weight is 519 g/mol. The van der Waals surface area contributed by atoms with E-state index in [1.807, 2.05) is 37.1 Å². The second-order valence-corrected chi connectivity index (χ2v) is 12.3. The number of ether oxygens (including phenoxy) is 1. The number of carbonyl (C=O) groups is 1. The van der Waals surface area contributed by atoms with Crippen LogP contribution in [0, 0.1) is 12.8 Å². The Morgan fingerprint density at radius 1 is 1.11 bits per heavy atom. The van der Waals surface area contributed by atoms with Crippen molar-refractivity contribution in [2.24, 2.45) is 5.92 Å². The SMILES string of the molecule is COc1cc(C)c(C(C)NS(=O)(=O)c2ccc(SC)c(C(=O)N3CCC(C)CC3)c2)cc1C(C)C. The topological polar surface area (TPSA) is 75.7 Å². The molecule has 1 aliphatic heterocycles. The minimum atomic E-state index is -3.85. The van der Waals surface area contributed by atoms with Gasteiger partial charge in [0.1, 0.15) is 5.75 Å². The highest BCUT2D eigenvalue weighted by molar-refractivity contribution is 7.98. The Labute approximate surface area is 214 Å². The quantitative estimate of drug-likeness (QED) is 0.450. The van der Waals surface area contributed by atoms with Gasteiger partial charge < -0.3 is 9.64 Å². The van der Waals surface area contributed by atoms with Crippen LogP contribution in [-0.4, -0.2) is 45.7 Å². The fourth-order valence-electron chi connectivity index (χ4n) is 4.58. The van der Waals surface area contributed by atoms with Crippen LogP contribution in [0.3, 0.4) is 0 Å². The van der Waals surface area contributed by atoms with Gasteiger partial charge in [-0.3, -0.25) is 4.79 Å². The first-order chi connectivity index (χ1) is 16.5. The number of piperidine rings is 1. The highest BCUT2D eigenvalue weighted by atomic mass is 32.2. The summed E-state index contributed by atoms with van der Waals surface area (Å²) in [7, 11) is -2.21. The Balaban J connectivity index is 1.90. The number of amides is 1. The summed E-state index contributed by atoms with van der Waals surface area (Å²) in [5, 5.41) is 0. The number of methoxy groups -OCH3 is 1. The molecule has 8 heteroatoms. The van der Waals surface area contributed by atoms with Crippen molar-refractivity contribution in [1.82, 2.24) is 9.62 Å². The van der Waals surface area contributed by atoms with E-state index < -0.39 is 16.1 Å². The highest BCUT2D eigenvalue weighted by Crippen LogP contribution is 2.33. The molecule has 1 N–H and O–H groups in total. The zero-order valence-corrected chi connectivity index (χ0v) is 23.5. The van der Waals surface area contributed by atoms with Crippen molar-refractivity contribution in [1.29, 1.82) is 0 Å². The lowest BCUT2D eigenvalue weighted by Crippen LogP contribution is -2.38. The summed E-state index contributed by atoms with van der Waals surface area (Å²) in [6.07, 6.45) is 3.84. The van der Waals surface area contributed by atoms with Gasteiger partial charge in [0, 0.05) is 24.0 Å². The minimum Gasteiger partial charge on any atom is -0.496 e. The largest absolute Gasteiger partial charge is 0.496 e. The number of aryl methyl sites for hydroxylation is 1. The summed E-state index contributed by atoms with van der Waals surface area (Å²) in [5.41, 5.74) is 3.34. The molecular weight excluding hydrogens is 480 g/mol. The predicted molar refractivity (Wildman–Crippen MR) is 143 cm³/mol. The van der Waals surface area contributed by atoms with Crippen molar-refractivity contribution in [3.63, 3.8) is 0 Å². The van der Waals surface area contributed by atoms with E-state index in [2.05, 4.69) is 25.5 Å². The van der Waals surface area contributed by atoms with Crippen LogP contribution in [0.25, 0.3) is 0 Å². The standard InChI is InChI=1S/C27H38N2O4S2/c1-17(2)22-16-23(19(4)14-25(22)33-6)20(5)28-35(31,32)21-8-9-26(34-7)24(15-21)27(30)29-12-10-18(3)11-13-29/h8-9,14-18,20,28H,10-13H2,1-7H3. The molecule has 192 valence electrons. The Kier molecular flexibility index (Phi) is 8.94. The van der Waals surface area contributed by atoms with Gasteiger partial charge >= 0.3 is 0 Å². The lowest BCUT2D eigenvalue weighted by molar-refractivity contribution is 0.0693. The maximum atomic E-state index is 13.4. The molecule has 2 aromatic rings. The van der Waals surface area contributed by atoms with Gasteiger partial charge in [0.2, 0.25) is 10.0 Å². The predicted octanol–water partition coefficient (Wildman–Crippen LogP) is 5.76. The third-order valence-corrected chi connectivity index (χ3v) is 9.16. The lowest BCUT2D eigenvalue weighted by atomic mass is 9.94. The van der Waals surface area contributed by atoms with Crippen LogP contribution in [-0.2, 0) is 10.0 Å². The van der Waals surface area contributed by atoms with Gasteiger partial charge in [-0.1, -0.05) is 20.8 Å². The van der Waals surface area contributed by atoms with Gasteiger partial charge in [-0.15, -0.1) is 11.8 Å². The van der Waals surface area contributed by atoms with Gasteiger partial charge in [0.15, 0.2) is 0 Å². The normalized spacial score (nSPS) is 15.9. The summed E-state index contributed by atoms with van der Waals surface area (Å²) in [5.74, 6) is 1.55. The Hall–Kier alpha value is -2.03. The van der Waals surface area contributed by atoms with Gasteiger partial charge in [-0.25, -0.2) is 13.1 Å². The second-order valence-electron chi connectivity index (χ2n) is 9.79. The molecule has 0 saturated carbocycles. The fraction of sp³-hybridized carbons (Fsp3) is 0.519. The number of thioether (sulfide) groups is 1. The first kappa shape index (κ1) is 27.6. The maximum absolute atomic E-state index is 13.4. The van der Waals surface area contributed by atoms with E-state index in [-0.39, 0.29) is 16.7 Å². The van der Waals surface area contributed by atoms with E-state index in [4.69, 9.17) is 4.74 Å². The van der Waals surface area contributed by atoms with Crippen molar-refractivity contribution in [2.75, 3.05) is 26.5 Å². The Bertz CT molecular complexity index is 1170. The van der Waals surface area contributed by atoms with Crippen LogP contribution in [0.1, 0.15) is 79.5 Å². The summed E-state index contributed by atoms with van der Waals surface area (Å²) < 4.78 is 35.1. The van der Waals surface area contributed by atoms with Gasteiger partial charge in [0.25, 0.3) is 5.91 Å². The molecule has 1 fully saturated rings. The molecule has 6 nitrogen and oxygen atoms in total. The van der Waals surface area contributed by atoms with Crippen LogP contribution in [0.5, 0.6) is 5.75 Å². The molecule has 0 spiro atoms. The molecule has 1 unspecified atom stereocenters. The van der Waals surface area contributed by atoms with Gasteiger partial charge in [0.05, 0.1) is 17.6 Å². The number of nitrogens with one attached hydrogen (secondary N) is 1. The van der Waals surface area contributed by atoms with E-state index in [1.165, 1.54) is 17.8 Å². The molecule has 1 amide bonds. The number of carbonyl (C=O) groups excluding carboxylic acids is 1.